The van der Waals surface area contributed by atoms with Crippen LogP contribution in [-0.4, -0.2) is 5.91 Å². The highest BCUT2D eigenvalue weighted by Gasteiger charge is 2.08. The normalized spacial score (nSPS) is 10.2. The van der Waals surface area contributed by atoms with E-state index >= 15 is 0 Å². The third kappa shape index (κ3) is 3.13. The SMILES string of the molecule is O=C(Nc1ccc(F)cc1)c1cc(F)cc(Br)c1. The summed E-state index contributed by atoms with van der Waals surface area (Å²) in [5, 5.41) is 2.55. The van der Waals surface area contributed by atoms with E-state index in [0.29, 0.717) is 10.2 Å². The number of anilines is 1. The van der Waals surface area contributed by atoms with Gasteiger partial charge in [-0.15, -0.1) is 0 Å². The van der Waals surface area contributed by atoms with Gasteiger partial charge < -0.3 is 5.32 Å². The number of nitrogens with one attached hydrogen (secondary N) is 1. The van der Waals surface area contributed by atoms with Gasteiger partial charge in [0.1, 0.15) is 11.6 Å². The molecule has 0 radical (unpaired) electrons. The molecule has 0 atom stereocenters. The Morgan fingerprint density at radius 3 is 2.28 bits per heavy atom. The Balaban J connectivity index is 2.19. The molecule has 2 nitrogen and oxygen atoms in total. The quantitative estimate of drug-likeness (QED) is 0.893. The maximum absolute atomic E-state index is 13.1. The van der Waals surface area contributed by atoms with E-state index in [2.05, 4.69) is 21.2 Å². The van der Waals surface area contributed by atoms with Crippen LogP contribution in [0, 0.1) is 11.6 Å². The fourth-order valence-electron chi connectivity index (χ4n) is 1.42. The molecule has 0 spiro atoms. The van der Waals surface area contributed by atoms with Crippen molar-refractivity contribution < 1.29 is 13.6 Å². The molecule has 0 aliphatic rings. The molecule has 0 aromatic heterocycles. The van der Waals surface area contributed by atoms with Crippen molar-refractivity contribution in [2.75, 3.05) is 5.32 Å². The largest absolute Gasteiger partial charge is 0.322 e. The third-order valence-electron chi connectivity index (χ3n) is 2.23. The average Bonchev–Trinajstić information content (AvgIpc) is 2.31. The van der Waals surface area contributed by atoms with Gasteiger partial charge in [0.05, 0.1) is 0 Å². The maximum Gasteiger partial charge on any atom is 0.255 e. The number of halogens is 3. The Labute approximate surface area is 111 Å². The van der Waals surface area contributed by atoms with E-state index in [9.17, 15) is 13.6 Å². The van der Waals surface area contributed by atoms with Crippen molar-refractivity contribution >= 4 is 27.5 Å². The van der Waals surface area contributed by atoms with Crippen LogP contribution in [0.5, 0.6) is 0 Å². The maximum atomic E-state index is 13.1. The van der Waals surface area contributed by atoms with Crippen LogP contribution in [0.15, 0.2) is 46.9 Å². The van der Waals surface area contributed by atoms with Crippen molar-refractivity contribution in [2.45, 2.75) is 0 Å². The summed E-state index contributed by atoms with van der Waals surface area (Å²) in [5.41, 5.74) is 0.632. The van der Waals surface area contributed by atoms with Crippen molar-refractivity contribution in [3.05, 3.63) is 64.1 Å². The minimum absolute atomic E-state index is 0.186. The molecule has 2 aromatic rings. The molecule has 1 N–H and O–H groups in total. The average molecular weight is 312 g/mol. The zero-order valence-electron chi connectivity index (χ0n) is 9.08. The molecule has 0 saturated carbocycles. The Morgan fingerprint density at radius 1 is 1.00 bits per heavy atom. The topological polar surface area (TPSA) is 29.1 Å². The molecular formula is C13H8BrF2NO. The van der Waals surface area contributed by atoms with Gasteiger partial charge in [0.2, 0.25) is 0 Å². The Morgan fingerprint density at radius 2 is 1.67 bits per heavy atom. The van der Waals surface area contributed by atoms with E-state index in [1.165, 1.54) is 36.4 Å². The van der Waals surface area contributed by atoms with E-state index in [4.69, 9.17) is 0 Å². The molecule has 0 fully saturated rings. The van der Waals surface area contributed by atoms with Crippen molar-refractivity contribution in [1.82, 2.24) is 0 Å². The standard InChI is InChI=1S/C13H8BrF2NO/c14-9-5-8(6-11(16)7-9)13(18)17-12-3-1-10(15)2-4-12/h1-7H,(H,17,18). The number of hydrogen-bond acceptors (Lipinski definition) is 1. The second-order valence-corrected chi connectivity index (χ2v) is 4.53. The van der Waals surface area contributed by atoms with Crippen molar-refractivity contribution in [1.29, 1.82) is 0 Å². The van der Waals surface area contributed by atoms with Gasteiger partial charge in [-0.3, -0.25) is 4.79 Å². The van der Waals surface area contributed by atoms with Gasteiger partial charge in [-0.1, -0.05) is 15.9 Å². The predicted octanol–water partition coefficient (Wildman–Crippen LogP) is 3.98. The minimum Gasteiger partial charge on any atom is -0.322 e. The van der Waals surface area contributed by atoms with Crippen LogP contribution < -0.4 is 5.32 Å². The fraction of sp³-hybridized carbons (Fsp3) is 0. The molecule has 2 rings (SSSR count). The lowest BCUT2D eigenvalue weighted by atomic mass is 10.2. The summed E-state index contributed by atoms with van der Waals surface area (Å²) < 4.78 is 26.3. The number of rotatable bonds is 2. The number of carbonyl (C=O) groups excluding carboxylic acids is 1. The molecule has 5 heteroatoms. The molecule has 0 aliphatic heterocycles. The van der Waals surface area contributed by atoms with Crippen molar-refractivity contribution in [3.63, 3.8) is 0 Å². The molecule has 2 aromatic carbocycles. The molecular weight excluding hydrogens is 304 g/mol. The Hall–Kier alpha value is -1.75. The minimum atomic E-state index is -0.506. The van der Waals surface area contributed by atoms with Crippen LogP contribution in [0.1, 0.15) is 10.4 Å². The summed E-state index contributed by atoms with van der Waals surface area (Å²) in [4.78, 5) is 11.8. The molecule has 92 valence electrons. The first-order valence-corrected chi connectivity index (χ1v) is 5.87. The second kappa shape index (κ2) is 5.27. The zero-order chi connectivity index (χ0) is 13.1. The van der Waals surface area contributed by atoms with Crippen LogP contribution in [0.2, 0.25) is 0 Å². The fourth-order valence-corrected chi connectivity index (χ4v) is 1.89. The number of benzene rings is 2. The van der Waals surface area contributed by atoms with Crippen LogP contribution in [0.3, 0.4) is 0 Å². The molecule has 0 bridgehead atoms. The van der Waals surface area contributed by atoms with E-state index in [1.54, 1.807) is 0 Å². The molecule has 0 unspecified atom stereocenters. The summed E-state index contributed by atoms with van der Waals surface area (Å²) in [5.74, 6) is -1.35. The van der Waals surface area contributed by atoms with Gasteiger partial charge in [0.25, 0.3) is 5.91 Å². The number of carbonyl (C=O) groups is 1. The smallest absolute Gasteiger partial charge is 0.255 e. The molecule has 0 heterocycles. The van der Waals surface area contributed by atoms with E-state index < -0.39 is 11.7 Å². The second-order valence-electron chi connectivity index (χ2n) is 3.62. The third-order valence-corrected chi connectivity index (χ3v) is 2.68. The molecule has 0 aliphatic carbocycles. The predicted molar refractivity (Wildman–Crippen MR) is 68.5 cm³/mol. The van der Waals surface area contributed by atoms with Gasteiger partial charge in [0.15, 0.2) is 0 Å². The zero-order valence-corrected chi connectivity index (χ0v) is 10.7. The summed E-state index contributed by atoms with van der Waals surface area (Å²) >= 11 is 3.11. The van der Waals surface area contributed by atoms with E-state index in [-0.39, 0.29) is 11.4 Å². The monoisotopic (exact) mass is 311 g/mol. The first-order chi connectivity index (χ1) is 8.54. The van der Waals surface area contributed by atoms with Crippen LogP contribution in [0.25, 0.3) is 0 Å². The van der Waals surface area contributed by atoms with E-state index in [1.807, 2.05) is 0 Å². The van der Waals surface area contributed by atoms with E-state index in [0.717, 1.165) is 6.07 Å². The Bertz CT molecular complexity index is 564. The van der Waals surface area contributed by atoms with Crippen LogP contribution in [0.4, 0.5) is 14.5 Å². The lowest BCUT2D eigenvalue weighted by Crippen LogP contribution is -2.12. The summed E-state index contributed by atoms with van der Waals surface area (Å²) in [6.45, 7) is 0. The molecule has 18 heavy (non-hydrogen) atoms. The van der Waals surface area contributed by atoms with Crippen LogP contribution >= 0.6 is 15.9 Å². The van der Waals surface area contributed by atoms with Gasteiger partial charge in [-0.05, 0) is 42.5 Å². The van der Waals surface area contributed by atoms with Crippen molar-refractivity contribution in [3.8, 4) is 0 Å². The summed E-state index contributed by atoms with van der Waals surface area (Å²) in [7, 11) is 0. The first-order valence-electron chi connectivity index (χ1n) is 5.07. The highest BCUT2D eigenvalue weighted by atomic mass is 79.9. The van der Waals surface area contributed by atoms with Gasteiger partial charge in [-0.25, -0.2) is 8.78 Å². The Kier molecular flexibility index (Phi) is 3.72. The lowest BCUT2D eigenvalue weighted by Gasteiger charge is -2.05. The van der Waals surface area contributed by atoms with Gasteiger partial charge in [-0.2, -0.15) is 0 Å². The number of hydrogen-bond donors (Lipinski definition) is 1. The van der Waals surface area contributed by atoms with Crippen LogP contribution in [-0.2, 0) is 0 Å². The summed E-state index contributed by atoms with van der Waals surface area (Å²) in [6, 6.07) is 9.22. The van der Waals surface area contributed by atoms with Gasteiger partial charge >= 0.3 is 0 Å². The highest BCUT2D eigenvalue weighted by Crippen LogP contribution is 2.16. The first kappa shape index (κ1) is 12.7. The summed E-state index contributed by atoms with van der Waals surface area (Å²) in [6.07, 6.45) is 0. The molecule has 1 amide bonds. The molecule has 0 saturated heterocycles. The highest BCUT2D eigenvalue weighted by molar-refractivity contribution is 9.10. The number of amides is 1. The van der Waals surface area contributed by atoms with Crippen molar-refractivity contribution in [2.24, 2.45) is 0 Å². The lowest BCUT2D eigenvalue weighted by molar-refractivity contribution is 0.102. The van der Waals surface area contributed by atoms with Gasteiger partial charge in [0, 0.05) is 15.7 Å².